The minimum absolute atomic E-state index is 0.225. The van der Waals surface area contributed by atoms with Crippen LogP contribution in [0.3, 0.4) is 0 Å². The largest absolute Gasteiger partial charge is 0.386 e. The minimum atomic E-state index is -0.225. The molecular formula is C25H30FN5O. The van der Waals surface area contributed by atoms with Crippen molar-refractivity contribution in [3.63, 3.8) is 0 Å². The number of benzene rings is 2. The van der Waals surface area contributed by atoms with Crippen molar-refractivity contribution < 1.29 is 9.18 Å². The number of para-hydroxylation sites is 1. The number of halogens is 1. The number of nitrogens with one attached hydrogen (secondary N) is 1. The number of likely N-dealkylation sites (tertiary alicyclic amines) is 1. The summed E-state index contributed by atoms with van der Waals surface area (Å²) in [5, 5.41) is 8.98. The second kappa shape index (κ2) is 8.54. The Hall–Kier alpha value is -2.93. The normalized spacial score (nSPS) is 20.4. The van der Waals surface area contributed by atoms with E-state index in [0.717, 1.165) is 67.5 Å². The Morgan fingerprint density at radius 2 is 2.16 bits per heavy atom. The Kier molecular flexibility index (Phi) is 5.59. The average Bonchev–Trinajstić information content (AvgIpc) is 3.28. The summed E-state index contributed by atoms with van der Waals surface area (Å²) in [6, 6.07) is 11.7. The van der Waals surface area contributed by atoms with Gasteiger partial charge in [-0.3, -0.25) is 4.68 Å². The first kappa shape index (κ1) is 20.9. The van der Waals surface area contributed by atoms with Crippen molar-refractivity contribution in [1.29, 1.82) is 0 Å². The number of hydrogen-bond donors (Lipinski definition) is 1. The monoisotopic (exact) mass is 435 g/mol. The molecule has 3 aromatic rings. The second-order valence-corrected chi connectivity index (χ2v) is 8.91. The fourth-order valence-corrected chi connectivity index (χ4v) is 5.70. The summed E-state index contributed by atoms with van der Waals surface area (Å²) in [7, 11) is 3.82. The first-order valence-electron chi connectivity index (χ1n) is 11.4. The van der Waals surface area contributed by atoms with Crippen molar-refractivity contribution in [2.24, 2.45) is 7.05 Å². The number of rotatable bonds is 7. The summed E-state index contributed by atoms with van der Waals surface area (Å²) in [5.41, 5.74) is 5.54. The quantitative estimate of drug-likeness (QED) is 0.575. The van der Waals surface area contributed by atoms with Crippen LogP contribution in [0.25, 0.3) is 10.9 Å². The molecule has 0 radical (unpaired) electrons. The zero-order valence-electron chi connectivity index (χ0n) is 18.7. The molecule has 168 valence electrons. The maximum Gasteiger partial charge on any atom is 0.139 e. The van der Waals surface area contributed by atoms with E-state index in [0.29, 0.717) is 18.5 Å². The molecule has 32 heavy (non-hydrogen) atoms. The van der Waals surface area contributed by atoms with Gasteiger partial charge >= 0.3 is 0 Å². The maximum atomic E-state index is 13.6. The molecule has 0 bridgehead atoms. The summed E-state index contributed by atoms with van der Waals surface area (Å²) in [6.07, 6.45) is 3.98. The molecule has 2 unspecified atom stereocenters. The molecular weight excluding hydrogens is 405 g/mol. The van der Waals surface area contributed by atoms with E-state index in [9.17, 15) is 9.18 Å². The van der Waals surface area contributed by atoms with Gasteiger partial charge in [0.15, 0.2) is 0 Å². The third-order valence-corrected chi connectivity index (χ3v) is 7.13. The van der Waals surface area contributed by atoms with Crippen molar-refractivity contribution >= 4 is 28.6 Å². The van der Waals surface area contributed by atoms with Crippen LogP contribution < -0.4 is 10.2 Å². The van der Waals surface area contributed by atoms with Crippen molar-refractivity contribution in [1.82, 2.24) is 14.7 Å². The predicted octanol–water partition coefficient (Wildman–Crippen LogP) is 3.56. The number of hydrogen-bond acceptors (Lipinski definition) is 5. The fourth-order valence-electron chi connectivity index (χ4n) is 5.70. The van der Waals surface area contributed by atoms with Gasteiger partial charge in [0.25, 0.3) is 0 Å². The van der Waals surface area contributed by atoms with E-state index in [4.69, 9.17) is 0 Å². The van der Waals surface area contributed by atoms with E-state index in [1.54, 1.807) is 10.7 Å². The van der Waals surface area contributed by atoms with E-state index in [-0.39, 0.29) is 5.82 Å². The van der Waals surface area contributed by atoms with Gasteiger partial charge in [-0.25, -0.2) is 4.39 Å². The lowest BCUT2D eigenvalue weighted by Gasteiger charge is -2.38. The molecule has 7 heteroatoms. The molecule has 0 amide bonds. The summed E-state index contributed by atoms with van der Waals surface area (Å²) in [4.78, 5) is 16.2. The van der Waals surface area contributed by atoms with Gasteiger partial charge in [0.2, 0.25) is 0 Å². The van der Waals surface area contributed by atoms with Crippen molar-refractivity contribution in [3.05, 3.63) is 53.5 Å². The second-order valence-electron chi connectivity index (χ2n) is 8.91. The molecule has 0 spiro atoms. The van der Waals surface area contributed by atoms with Gasteiger partial charge in [0.1, 0.15) is 12.1 Å². The molecule has 2 aromatic carbocycles. The number of aryl methyl sites for hydroxylation is 2. The number of aromatic nitrogens is 2. The van der Waals surface area contributed by atoms with Crippen LogP contribution in [0.1, 0.15) is 30.0 Å². The third-order valence-electron chi connectivity index (χ3n) is 7.13. The van der Waals surface area contributed by atoms with E-state index in [1.165, 1.54) is 17.3 Å². The van der Waals surface area contributed by atoms with E-state index in [1.807, 2.05) is 20.2 Å². The van der Waals surface area contributed by atoms with Gasteiger partial charge in [-0.05, 0) is 55.6 Å². The molecule has 1 N–H and O–H groups in total. The first-order chi connectivity index (χ1) is 15.6. The lowest BCUT2D eigenvalue weighted by molar-refractivity contribution is -0.106. The van der Waals surface area contributed by atoms with Crippen molar-refractivity contribution in [3.8, 4) is 0 Å². The number of nitrogens with zero attached hydrogens (tertiary/aromatic N) is 4. The summed E-state index contributed by atoms with van der Waals surface area (Å²) in [6.45, 7) is 3.50. The molecule has 0 saturated carbocycles. The van der Waals surface area contributed by atoms with Gasteiger partial charge in [-0.15, -0.1) is 0 Å². The Balaban J connectivity index is 1.28. The summed E-state index contributed by atoms with van der Waals surface area (Å²) >= 11 is 0. The molecule has 5 rings (SSSR count). The maximum absolute atomic E-state index is 13.6. The molecule has 2 atom stereocenters. The van der Waals surface area contributed by atoms with Gasteiger partial charge < -0.3 is 19.9 Å². The van der Waals surface area contributed by atoms with E-state index < -0.39 is 0 Å². The average molecular weight is 436 g/mol. The van der Waals surface area contributed by atoms with E-state index >= 15 is 0 Å². The number of piperidine rings is 1. The number of carbonyl (C=O) groups excluding carboxylic acids is 1. The van der Waals surface area contributed by atoms with Gasteiger partial charge in [0.05, 0.1) is 29.1 Å². The first-order valence-corrected chi connectivity index (χ1v) is 11.4. The van der Waals surface area contributed by atoms with Crippen LogP contribution in [0.5, 0.6) is 0 Å². The standard InChI is InChI=1S/C25H30FN5O/c1-27-22-6-3-5-18-20-16-30(12-10-23(20)31(13-14-32)25(18)22)11-4-7-21-19-9-8-17(26)15-24(19)29(2)28-21/h3,5-6,8-9,14-15,20,23,27H,4,7,10-13,16H2,1-2H3. The van der Waals surface area contributed by atoms with Crippen LogP contribution in [-0.4, -0.2) is 60.2 Å². The highest BCUT2D eigenvalue weighted by molar-refractivity contribution is 5.82. The zero-order valence-corrected chi connectivity index (χ0v) is 18.7. The zero-order chi connectivity index (χ0) is 22.2. The van der Waals surface area contributed by atoms with Gasteiger partial charge in [-0.2, -0.15) is 5.10 Å². The lowest BCUT2D eigenvalue weighted by Crippen LogP contribution is -2.47. The number of aldehydes is 1. The summed E-state index contributed by atoms with van der Waals surface area (Å²) < 4.78 is 15.4. The smallest absolute Gasteiger partial charge is 0.139 e. The number of fused-ring (bicyclic) bond motifs is 4. The highest BCUT2D eigenvalue weighted by Crippen LogP contribution is 2.47. The Labute approximate surface area is 188 Å². The Morgan fingerprint density at radius 3 is 2.97 bits per heavy atom. The lowest BCUT2D eigenvalue weighted by atomic mass is 9.89. The fraction of sp³-hybridized carbons (Fsp3) is 0.440. The molecule has 6 nitrogen and oxygen atoms in total. The Morgan fingerprint density at radius 1 is 1.28 bits per heavy atom. The summed E-state index contributed by atoms with van der Waals surface area (Å²) in [5.74, 6) is 0.197. The highest BCUT2D eigenvalue weighted by Gasteiger charge is 2.42. The van der Waals surface area contributed by atoms with Crippen LogP contribution in [0.4, 0.5) is 15.8 Å². The molecule has 1 fully saturated rings. The van der Waals surface area contributed by atoms with Gasteiger partial charge in [0, 0.05) is 44.5 Å². The highest BCUT2D eigenvalue weighted by atomic mass is 19.1. The third kappa shape index (κ3) is 3.54. The van der Waals surface area contributed by atoms with Crippen LogP contribution in [0.15, 0.2) is 36.4 Å². The molecule has 1 saturated heterocycles. The van der Waals surface area contributed by atoms with Gasteiger partial charge in [-0.1, -0.05) is 12.1 Å². The van der Waals surface area contributed by atoms with Crippen molar-refractivity contribution in [2.45, 2.75) is 31.2 Å². The van der Waals surface area contributed by atoms with E-state index in [2.05, 4.69) is 38.4 Å². The minimum Gasteiger partial charge on any atom is -0.386 e. The molecule has 3 heterocycles. The SMILES string of the molecule is CNc1cccc2c1N(CC=O)C1CCN(CCCc3nn(C)c4cc(F)ccc34)CC21. The molecule has 1 aromatic heterocycles. The van der Waals surface area contributed by atoms with Crippen LogP contribution in [0, 0.1) is 5.82 Å². The number of carbonyl (C=O) groups is 1. The van der Waals surface area contributed by atoms with Crippen LogP contribution >= 0.6 is 0 Å². The Bertz CT molecular complexity index is 1140. The predicted molar refractivity (Wildman–Crippen MR) is 126 cm³/mol. The number of anilines is 2. The molecule has 2 aliphatic heterocycles. The van der Waals surface area contributed by atoms with Crippen LogP contribution in [0.2, 0.25) is 0 Å². The van der Waals surface area contributed by atoms with Crippen molar-refractivity contribution in [2.75, 3.05) is 43.4 Å². The topological polar surface area (TPSA) is 53.4 Å². The van der Waals surface area contributed by atoms with Crippen LogP contribution in [-0.2, 0) is 18.3 Å². The molecule has 2 aliphatic rings. The molecule has 0 aliphatic carbocycles.